The fraction of sp³-hybridized carbons (Fsp3) is 0.750. The van der Waals surface area contributed by atoms with E-state index in [0.717, 1.165) is 6.92 Å². The molecule has 0 rings (SSSR count). The van der Waals surface area contributed by atoms with Gasteiger partial charge in [-0.2, -0.15) is 0 Å². The van der Waals surface area contributed by atoms with Gasteiger partial charge >= 0.3 is 11.9 Å². The molecule has 0 saturated carbocycles. The van der Waals surface area contributed by atoms with Gasteiger partial charge in [-0.15, -0.1) is 0 Å². The van der Waals surface area contributed by atoms with Crippen molar-refractivity contribution >= 4 is 11.9 Å². The van der Waals surface area contributed by atoms with Crippen molar-refractivity contribution in [1.29, 1.82) is 0 Å². The number of esters is 1. The molecule has 7 heteroatoms. The maximum atomic E-state index is 11.0. The Morgan fingerprint density at radius 2 is 1.87 bits per heavy atom. The number of hydrogen-bond donors (Lipinski definition) is 4. The van der Waals surface area contributed by atoms with Crippen molar-refractivity contribution in [2.45, 2.75) is 31.7 Å². The summed E-state index contributed by atoms with van der Waals surface area (Å²) in [5.41, 5.74) is 0. The summed E-state index contributed by atoms with van der Waals surface area (Å²) in [5, 5.41) is 34.8. The van der Waals surface area contributed by atoms with E-state index in [2.05, 4.69) is 4.74 Å². The van der Waals surface area contributed by atoms with Gasteiger partial charge in [-0.3, -0.25) is 4.79 Å². The van der Waals surface area contributed by atoms with Crippen molar-refractivity contribution in [2.75, 3.05) is 6.61 Å². The maximum Gasteiger partial charge on any atom is 0.347 e. The molecule has 0 aromatic rings. The number of hydrogen-bond acceptors (Lipinski definition) is 6. The number of aliphatic carboxylic acids is 1. The average Bonchev–Trinajstić information content (AvgIpc) is 2.12. The van der Waals surface area contributed by atoms with E-state index in [4.69, 9.17) is 20.4 Å². The lowest BCUT2D eigenvalue weighted by molar-refractivity contribution is -0.172. The van der Waals surface area contributed by atoms with Crippen LogP contribution in [0.15, 0.2) is 0 Å². The topological polar surface area (TPSA) is 124 Å². The number of carbonyl (C=O) groups is 2. The molecule has 0 aliphatic heterocycles. The predicted octanol–water partition coefficient (Wildman–Crippen LogP) is -1.89. The summed E-state index contributed by atoms with van der Waals surface area (Å²) in [7, 11) is 0. The minimum absolute atomic E-state index is 0.521. The number of carbonyl (C=O) groups excluding carboxylic acids is 1. The van der Waals surface area contributed by atoms with Gasteiger partial charge in [0.2, 0.25) is 6.10 Å². The van der Waals surface area contributed by atoms with Crippen LogP contribution in [0, 0.1) is 0 Å². The Balaban J connectivity index is 4.18. The summed E-state index contributed by atoms with van der Waals surface area (Å²) >= 11 is 0. The minimum Gasteiger partial charge on any atom is -0.478 e. The lowest BCUT2D eigenvalue weighted by atomic mass is 10.2. The number of aliphatic hydroxyl groups is 3. The molecule has 0 bridgehead atoms. The van der Waals surface area contributed by atoms with Crippen LogP contribution in [0.1, 0.15) is 13.3 Å². The highest BCUT2D eigenvalue weighted by molar-refractivity contribution is 5.78. The van der Waals surface area contributed by atoms with E-state index in [1.54, 1.807) is 0 Å². The molecule has 0 radical (unpaired) electrons. The fourth-order valence-corrected chi connectivity index (χ4v) is 0.802. The fourth-order valence-electron chi connectivity index (χ4n) is 0.802. The van der Waals surface area contributed by atoms with Gasteiger partial charge in [-0.05, 0) is 6.92 Å². The molecule has 0 amide bonds. The zero-order chi connectivity index (χ0) is 12.0. The molecule has 4 N–H and O–H groups in total. The zero-order valence-corrected chi connectivity index (χ0v) is 8.16. The summed E-state index contributed by atoms with van der Waals surface area (Å²) in [4.78, 5) is 21.4. The highest BCUT2D eigenvalue weighted by Crippen LogP contribution is 2.03. The number of ether oxygens (including phenoxy) is 1. The summed E-state index contributed by atoms with van der Waals surface area (Å²) in [6.07, 6.45) is -4.82. The van der Waals surface area contributed by atoms with Crippen molar-refractivity contribution in [3.05, 3.63) is 0 Å². The van der Waals surface area contributed by atoms with Gasteiger partial charge in [-0.25, -0.2) is 4.79 Å². The van der Waals surface area contributed by atoms with Crippen LogP contribution in [0.5, 0.6) is 0 Å². The van der Waals surface area contributed by atoms with Gasteiger partial charge in [0.15, 0.2) is 0 Å². The van der Waals surface area contributed by atoms with E-state index in [1.807, 2.05) is 0 Å². The van der Waals surface area contributed by atoms with Crippen LogP contribution in [0.2, 0.25) is 0 Å². The molecule has 0 heterocycles. The van der Waals surface area contributed by atoms with Gasteiger partial charge in [-0.1, -0.05) is 0 Å². The second-order valence-corrected chi connectivity index (χ2v) is 3.03. The summed E-state index contributed by atoms with van der Waals surface area (Å²) in [5.74, 6) is -2.47. The van der Waals surface area contributed by atoms with Crippen LogP contribution in [0.25, 0.3) is 0 Å². The Labute approximate surface area is 85.9 Å². The highest BCUT2D eigenvalue weighted by atomic mass is 16.6. The Hall–Kier alpha value is -1.18. The lowest BCUT2D eigenvalue weighted by Crippen LogP contribution is -2.37. The second kappa shape index (κ2) is 6.33. The van der Waals surface area contributed by atoms with E-state index in [9.17, 15) is 9.59 Å². The van der Waals surface area contributed by atoms with Gasteiger partial charge in [0, 0.05) is 0 Å². The summed E-state index contributed by atoms with van der Waals surface area (Å²) in [6.45, 7) is 0.538. The zero-order valence-electron chi connectivity index (χ0n) is 8.16. The van der Waals surface area contributed by atoms with Crippen molar-refractivity contribution in [2.24, 2.45) is 0 Å². The summed E-state index contributed by atoms with van der Waals surface area (Å²) in [6, 6.07) is 0. The molecule has 3 atom stereocenters. The minimum atomic E-state index is -1.66. The number of carboxylic acid groups (broad SMARTS) is 1. The van der Waals surface area contributed by atoms with Crippen molar-refractivity contribution in [1.82, 2.24) is 0 Å². The van der Waals surface area contributed by atoms with E-state index in [-0.39, 0.29) is 0 Å². The van der Waals surface area contributed by atoms with Crippen molar-refractivity contribution < 1.29 is 34.8 Å². The molecule has 88 valence electrons. The highest BCUT2D eigenvalue weighted by Gasteiger charge is 2.27. The third-order valence-corrected chi connectivity index (χ3v) is 1.55. The van der Waals surface area contributed by atoms with Crippen LogP contribution in [-0.4, -0.2) is 57.3 Å². The Kier molecular flexibility index (Phi) is 5.83. The van der Waals surface area contributed by atoms with Crippen LogP contribution >= 0.6 is 0 Å². The number of aliphatic hydroxyl groups excluding tert-OH is 3. The first kappa shape index (κ1) is 13.8. The Bertz CT molecular complexity index is 225. The normalized spacial score (nSPS) is 16.5. The van der Waals surface area contributed by atoms with Gasteiger partial charge in [0.25, 0.3) is 0 Å². The quantitative estimate of drug-likeness (QED) is 0.387. The van der Waals surface area contributed by atoms with E-state index in [1.165, 1.54) is 0 Å². The molecule has 0 aliphatic rings. The van der Waals surface area contributed by atoms with Crippen LogP contribution in [-0.2, 0) is 14.3 Å². The van der Waals surface area contributed by atoms with Crippen molar-refractivity contribution in [3.8, 4) is 0 Å². The van der Waals surface area contributed by atoms with E-state index >= 15 is 0 Å². The van der Waals surface area contributed by atoms with Crippen molar-refractivity contribution in [3.63, 3.8) is 0 Å². The number of rotatable bonds is 6. The summed E-state index contributed by atoms with van der Waals surface area (Å²) < 4.78 is 4.39. The third kappa shape index (κ3) is 5.31. The van der Waals surface area contributed by atoms with Crippen LogP contribution in [0.3, 0.4) is 0 Å². The lowest BCUT2D eigenvalue weighted by Gasteiger charge is -2.16. The third-order valence-electron chi connectivity index (χ3n) is 1.55. The molecular weight excluding hydrogens is 208 g/mol. The van der Waals surface area contributed by atoms with E-state index in [0.29, 0.717) is 0 Å². The maximum absolute atomic E-state index is 11.0. The molecule has 3 unspecified atom stereocenters. The molecule has 0 saturated heterocycles. The first-order valence-electron chi connectivity index (χ1n) is 4.27. The predicted molar refractivity (Wildman–Crippen MR) is 46.9 cm³/mol. The molecule has 0 aromatic carbocycles. The van der Waals surface area contributed by atoms with Gasteiger partial charge in [0.1, 0.15) is 0 Å². The Morgan fingerprint density at radius 3 is 2.20 bits per heavy atom. The molecule has 0 fully saturated rings. The monoisotopic (exact) mass is 222 g/mol. The SMILES string of the molecule is CC(O)C(OC(=O)CC(O)CO)C(=O)O. The molecule has 0 spiro atoms. The molecule has 7 nitrogen and oxygen atoms in total. The first-order valence-corrected chi connectivity index (χ1v) is 4.27. The smallest absolute Gasteiger partial charge is 0.347 e. The first-order chi connectivity index (χ1) is 6.88. The average molecular weight is 222 g/mol. The molecule has 0 aliphatic carbocycles. The van der Waals surface area contributed by atoms with Gasteiger partial charge < -0.3 is 25.2 Å². The van der Waals surface area contributed by atoms with Crippen LogP contribution in [0.4, 0.5) is 0 Å². The largest absolute Gasteiger partial charge is 0.478 e. The van der Waals surface area contributed by atoms with Crippen LogP contribution < -0.4 is 0 Å². The number of carboxylic acids is 1. The van der Waals surface area contributed by atoms with Gasteiger partial charge in [0.05, 0.1) is 25.2 Å². The molecule has 15 heavy (non-hydrogen) atoms. The van der Waals surface area contributed by atoms with E-state index < -0.39 is 43.3 Å². The second-order valence-electron chi connectivity index (χ2n) is 3.03. The standard InChI is InChI=1S/C8H14O7/c1-4(10)7(8(13)14)15-6(12)2-5(11)3-9/h4-5,7,9-11H,2-3H2,1H3,(H,13,14). The Morgan fingerprint density at radius 1 is 1.33 bits per heavy atom. The molecular formula is C8H14O7. The molecule has 0 aromatic heterocycles.